The monoisotopic (exact) mass is 310 g/mol. The predicted octanol–water partition coefficient (Wildman–Crippen LogP) is 3.19. The number of fused-ring (bicyclic) bond motifs is 1. The standard InChI is InChI=1S/C15H22N2O3S/c1-4-16-15(19)17-13-12(14(18)20-5-2)10-7-6-9(3)8-11(10)21-13/h9H,4-8H2,1-3H3,(H2,16,17,19)/t9-/m1/s1. The van der Waals surface area contributed by atoms with Gasteiger partial charge < -0.3 is 10.1 Å². The van der Waals surface area contributed by atoms with E-state index in [9.17, 15) is 9.59 Å². The molecule has 1 aromatic heterocycles. The molecule has 0 aromatic carbocycles. The van der Waals surface area contributed by atoms with Gasteiger partial charge in [-0.15, -0.1) is 11.3 Å². The highest BCUT2D eigenvalue weighted by Gasteiger charge is 2.28. The van der Waals surface area contributed by atoms with Crippen LogP contribution in [0.15, 0.2) is 0 Å². The van der Waals surface area contributed by atoms with Crippen LogP contribution >= 0.6 is 11.3 Å². The highest BCUT2D eigenvalue weighted by molar-refractivity contribution is 7.17. The first-order valence-corrected chi connectivity index (χ1v) is 8.24. The van der Waals surface area contributed by atoms with E-state index in [1.54, 1.807) is 6.92 Å². The molecular weight excluding hydrogens is 288 g/mol. The summed E-state index contributed by atoms with van der Waals surface area (Å²) >= 11 is 1.50. The summed E-state index contributed by atoms with van der Waals surface area (Å²) < 4.78 is 5.16. The molecule has 116 valence electrons. The molecule has 6 heteroatoms. The second-order valence-electron chi connectivity index (χ2n) is 5.26. The molecule has 0 aliphatic heterocycles. The number of esters is 1. The largest absolute Gasteiger partial charge is 0.462 e. The number of hydrogen-bond acceptors (Lipinski definition) is 4. The number of nitrogens with one attached hydrogen (secondary N) is 2. The van der Waals surface area contributed by atoms with Crippen LogP contribution in [-0.4, -0.2) is 25.2 Å². The Labute approximate surface area is 129 Å². The number of hydrogen-bond donors (Lipinski definition) is 2. The lowest BCUT2D eigenvalue weighted by atomic mass is 9.88. The van der Waals surface area contributed by atoms with Crippen molar-refractivity contribution in [2.45, 2.75) is 40.0 Å². The highest BCUT2D eigenvalue weighted by Crippen LogP contribution is 2.40. The van der Waals surface area contributed by atoms with Gasteiger partial charge in [0.25, 0.3) is 0 Å². The van der Waals surface area contributed by atoms with Crippen LogP contribution in [0.1, 0.15) is 48.0 Å². The third kappa shape index (κ3) is 3.56. The van der Waals surface area contributed by atoms with Crippen LogP contribution in [-0.2, 0) is 17.6 Å². The van der Waals surface area contributed by atoms with Crippen molar-refractivity contribution < 1.29 is 14.3 Å². The zero-order valence-electron chi connectivity index (χ0n) is 12.7. The summed E-state index contributed by atoms with van der Waals surface area (Å²) in [5.41, 5.74) is 1.61. The summed E-state index contributed by atoms with van der Waals surface area (Å²) in [6.07, 6.45) is 2.90. The maximum atomic E-state index is 12.2. The molecule has 5 nitrogen and oxygen atoms in total. The first-order chi connectivity index (χ1) is 10.1. The number of anilines is 1. The van der Waals surface area contributed by atoms with E-state index in [2.05, 4.69) is 17.6 Å². The van der Waals surface area contributed by atoms with Crippen molar-refractivity contribution in [3.8, 4) is 0 Å². The van der Waals surface area contributed by atoms with Crippen molar-refractivity contribution in [2.24, 2.45) is 5.92 Å². The Morgan fingerprint density at radius 1 is 1.38 bits per heavy atom. The molecule has 0 saturated carbocycles. The molecule has 0 radical (unpaired) electrons. The summed E-state index contributed by atoms with van der Waals surface area (Å²) in [6.45, 7) is 6.73. The Balaban J connectivity index is 2.33. The van der Waals surface area contributed by atoms with Crippen LogP contribution < -0.4 is 10.6 Å². The van der Waals surface area contributed by atoms with Gasteiger partial charge in [0.2, 0.25) is 0 Å². The van der Waals surface area contributed by atoms with Crippen molar-refractivity contribution in [3.05, 3.63) is 16.0 Å². The molecule has 2 rings (SSSR count). The van der Waals surface area contributed by atoms with Crippen LogP contribution in [0, 0.1) is 5.92 Å². The molecule has 2 N–H and O–H groups in total. The van der Waals surface area contributed by atoms with Crippen LogP contribution in [0.4, 0.5) is 9.80 Å². The maximum Gasteiger partial charge on any atom is 0.341 e. The molecule has 21 heavy (non-hydrogen) atoms. The van der Waals surface area contributed by atoms with Gasteiger partial charge >= 0.3 is 12.0 Å². The van der Waals surface area contributed by atoms with E-state index in [1.165, 1.54) is 16.2 Å². The molecule has 1 aliphatic carbocycles. The molecule has 1 aliphatic rings. The fourth-order valence-corrected chi connectivity index (χ4v) is 3.96. The van der Waals surface area contributed by atoms with E-state index < -0.39 is 0 Å². The summed E-state index contributed by atoms with van der Waals surface area (Å²) in [5, 5.41) is 6.09. The normalized spacial score (nSPS) is 17.0. The number of rotatable bonds is 4. The lowest BCUT2D eigenvalue weighted by Gasteiger charge is -2.18. The fourth-order valence-electron chi connectivity index (χ4n) is 2.57. The van der Waals surface area contributed by atoms with Crippen molar-refractivity contribution in [1.29, 1.82) is 0 Å². The highest BCUT2D eigenvalue weighted by atomic mass is 32.1. The van der Waals surface area contributed by atoms with Gasteiger partial charge in [-0.3, -0.25) is 5.32 Å². The summed E-state index contributed by atoms with van der Waals surface area (Å²) in [6, 6.07) is -0.283. The molecule has 0 fully saturated rings. The first-order valence-electron chi connectivity index (χ1n) is 7.43. The minimum absolute atomic E-state index is 0.283. The van der Waals surface area contributed by atoms with Gasteiger partial charge in [-0.25, -0.2) is 9.59 Å². The van der Waals surface area contributed by atoms with Crippen LogP contribution in [0.5, 0.6) is 0 Å². The van der Waals surface area contributed by atoms with Gasteiger partial charge in [0, 0.05) is 11.4 Å². The molecular formula is C15H22N2O3S. The molecule has 1 atom stereocenters. The zero-order valence-corrected chi connectivity index (χ0v) is 13.6. The first kappa shape index (κ1) is 15.8. The molecule has 0 unspecified atom stereocenters. The quantitative estimate of drug-likeness (QED) is 0.839. The number of ether oxygens (including phenoxy) is 1. The molecule has 0 saturated heterocycles. The molecule has 1 heterocycles. The van der Waals surface area contributed by atoms with Crippen LogP contribution in [0.25, 0.3) is 0 Å². The van der Waals surface area contributed by atoms with Crippen molar-refractivity contribution in [1.82, 2.24) is 5.32 Å². The number of urea groups is 1. The van der Waals surface area contributed by atoms with Crippen molar-refractivity contribution in [3.63, 3.8) is 0 Å². The van der Waals surface area contributed by atoms with E-state index in [4.69, 9.17) is 4.74 Å². The predicted molar refractivity (Wildman–Crippen MR) is 84.2 cm³/mol. The Morgan fingerprint density at radius 3 is 2.81 bits per heavy atom. The Hall–Kier alpha value is -1.56. The van der Waals surface area contributed by atoms with Crippen molar-refractivity contribution >= 4 is 28.3 Å². The SMILES string of the molecule is CCNC(=O)Nc1sc2c(c1C(=O)OCC)CC[C@@H](C)C2. The van der Waals surface area contributed by atoms with E-state index in [1.807, 2.05) is 6.92 Å². The fraction of sp³-hybridized carbons (Fsp3) is 0.600. The number of amides is 2. The summed E-state index contributed by atoms with van der Waals surface area (Å²) in [4.78, 5) is 25.2. The van der Waals surface area contributed by atoms with E-state index in [-0.39, 0.29) is 12.0 Å². The Bertz CT molecular complexity index is 539. The number of carbonyl (C=O) groups excluding carboxylic acids is 2. The zero-order chi connectivity index (χ0) is 15.4. The van der Waals surface area contributed by atoms with Gasteiger partial charge in [0.1, 0.15) is 5.00 Å². The lowest BCUT2D eigenvalue weighted by molar-refractivity contribution is 0.0526. The van der Waals surface area contributed by atoms with E-state index in [0.717, 1.165) is 24.8 Å². The van der Waals surface area contributed by atoms with E-state index in [0.29, 0.717) is 29.6 Å². The lowest BCUT2D eigenvalue weighted by Crippen LogP contribution is -2.28. The minimum Gasteiger partial charge on any atom is -0.462 e. The third-order valence-electron chi connectivity index (χ3n) is 3.56. The molecule has 0 bridgehead atoms. The van der Waals surface area contributed by atoms with Gasteiger partial charge in [-0.05, 0) is 44.6 Å². The third-order valence-corrected chi connectivity index (χ3v) is 4.73. The smallest absolute Gasteiger partial charge is 0.341 e. The average Bonchev–Trinajstić information content (AvgIpc) is 2.75. The molecule has 2 amide bonds. The molecule has 0 spiro atoms. The Kier molecular flexibility index (Phi) is 5.22. The second kappa shape index (κ2) is 6.93. The van der Waals surface area contributed by atoms with Crippen molar-refractivity contribution in [2.75, 3.05) is 18.5 Å². The number of thiophene rings is 1. The summed E-state index contributed by atoms with van der Waals surface area (Å²) in [7, 11) is 0. The van der Waals surface area contributed by atoms with Gasteiger partial charge in [-0.1, -0.05) is 6.92 Å². The van der Waals surface area contributed by atoms with Gasteiger partial charge in [0.05, 0.1) is 12.2 Å². The minimum atomic E-state index is -0.337. The molecule has 1 aromatic rings. The van der Waals surface area contributed by atoms with Gasteiger partial charge in [-0.2, -0.15) is 0 Å². The van der Waals surface area contributed by atoms with Crippen LogP contribution in [0.2, 0.25) is 0 Å². The maximum absolute atomic E-state index is 12.2. The van der Waals surface area contributed by atoms with Gasteiger partial charge in [0.15, 0.2) is 0 Å². The average molecular weight is 310 g/mol. The van der Waals surface area contributed by atoms with E-state index >= 15 is 0 Å². The summed E-state index contributed by atoms with van der Waals surface area (Å²) in [5.74, 6) is 0.278. The number of carbonyl (C=O) groups is 2. The van der Waals surface area contributed by atoms with Crippen LogP contribution in [0.3, 0.4) is 0 Å². The topological polar surface area (TPSA) is 67.4 Å². The second-order valence-corrected chi connectivity index (χ2v) is 6.37. The Morgan fingerprint density at radius 2 is 2.14 bits per heavy atom.